The zero-order valence-electron chi connectivity index (χ0n) is 5.15. The number of hydrogen-bond acceptors (Lipinski definition) is 1. The van der Waals surface area contributed by atoms with Crippen molar-refractivity contribution in [2.24, 2.45) is 5.92 Å². The second kappa shape index (κ2) is 4.67. The molecule has 1 heteroatoms. The van der Waals surface area contributed by atoms with E-state index in [0.29, 0.717) is 12.3 Å². The maximum Gasteiger partial charge on any atom is 0.0456 e. The van der Waals surface area contributed by atoms with Gasteiger partial charge in [-0.25, -0.2) is 0 Å². The van der Waals surface area contributed by atoms with E-state index in [-0.39, 0.29) is 6.61 Å². The van der Waals surface area contributed by atoms with Gasteiger partial charge in [0.1, 0.15) is 0 Å². The summed E-state index contributed by atoms with van der Waals surface area (Å²) in [6.07, 6.45) is 8.08. The average Bonchev–Trinajstić information content (AvgIpc) is 1.83. The first-order valence-electron chi connectivity index (χ1n) is 2.81. The molecule has 0 fully saturated rings. The van der Waals surface area contributed by atoms with Gasteiger partial charge in [-0.15, -0.1) is 0 Å². The zero-order valence-corrected chi connectivity index (χ0v) is 5.15. The Labute approximate surface area is 50.7 Å². The van der Waals surface area contributed by atoms with Crippen LogP contribution >= 0.6 is 0 Å². The van der Waals surface area contributed by atoms with Crippen molar-refractivity contribution in [3.8, 4) is 5.92 Å². The fraction of sp³-hybridized carbons (Fsp3) is 0.714. The van der Waals surface area contributed by atoms with Crippen LogP contribution in [0.5, 0.6) is 0 Å². The van der Waals surface area contributed by atoms with Crippen molar-refractivity contribution in [2.45, 2.75) is 19.8 Å². The Kier molecular flexibility index (Phi) is 4.39. The van der Waals surface area contributed by atoms with Crippen molar-refractivity contribution in [1.82, 2.24) is 0 Å². The van der Waals surface area contributed by atoms with Crippen LogP contribution in [0.2, 0.25) is 0 Å². The predicted molar refractivity (Wildman–Crippen MR) is 32.6 cm³/mol. The SMILES string of the molecule is [C]#CCCC(C)CO. The average molecular weight is 111 g/mol. The molecule has 0 aliphatic rings. The molecule has 0 amide bonds. The number of rotatable bonds is 3. The first-order chi connectivity index (χ1) is 3.81. The Hall–Kier alpha value is -0.480. The minimum atomic E-state index is 0.224. The van der Waals surface area contributed by atoms with Gasteiger partial charge >= 0.3 is 0 Å². The largest absolute Gasteiger partial charge is 0.396 e. The maximum atomic E-state index is 8.47. The highest BCUT2D eigenvalue weighted by Crippen LogP contribution is 2.01. The highest BCUT2D eigenvalue weighted by Gasteiger charge is 1.95. The van der Waals surface area contributed by atoms with Crippen LogP contribution in [0.15, 0.2) is 0 Å². The van der Waals surface area contributed by atoms with Crippen LogP contribution in [-0.2, 0) is 0 Å². The van der Waals surface area contributed by atoms with Gasteiger partial charge in [-0.3, -0.25) is 0 Å². The molecule has 0 saturated carbocycles. The summed E-state index contributed by atoms with van der Waals surface area (Å²) in [6.45, 7) is 2.18. The van der Waals surface area contributed by atoms with Crippen LogP contribution < -0.4 is 0 Å². The standard InChI is InChI=1S/C7H11O/c1-3-4-5-7(2)6-8/h7-8H,4-6H2,2H3. The van der Waals surface area contributed by atoms with Gasteiger partial charge < -0.3 is 5.11 Å². The van der Waals surface area contributed by atoms with Gasteiger partial charge in [-0.2, -0.15) is 0 Å². The van der Waals surface area contributed by atoms with E-state index in [1.54, 1.807) is 0 Å². The normalized spacial score (nSPS) is 12.6. The molecule has 1 atom stereocenters. The van der Waals surface area contributed by atoms with Crippen LogP contribution in [0, 0.1) is 18.3 Å². The molecule has 0 aromatic rings. The van der Waals surface area contributed by atoms with Crippen molar-refractivity contribution in [2.75, 3.05) is 6.61 Å². The molecule has 0 rings (SSSR count). The summed E-state index contributed by atoms with van der Waals surface area (Å²) in [7, 11) is 0. The Morgan fingerprint density at radius 3 is 2.75 bits per heavy atom. The molecule has 0 aromatic heterocycles. The summed E-state index contributed by atoms with van der Waals surface area (Å²) in [4.78, 5) is 0. The molecule has 1 nitrogen and oxygen atoms in total. The minimum Gasteiger partial charge on any atom is -0.396 e. The molecule has 1 unspecified atom stereocenters. The predicted octanol–water partition coefficient (Wildman–Crippen LogP) is 0.985. The maximum absolute atomic E-state index is 8.47. The van der Waals surface area contributed by atoms with Crippen molar-refractivity contribution in [3.05, 3.63) is 6.42 Å². The van der Waals surface area contributed by atoms with Crippen LogP contribution in [0.3, 0.4) is 0 Å². The van der Waals surface area contributed by atoms with E-state index in [9.17, 15) is 0 Å². The van der Waals surface area contributed by atoms with E-state index in [2.05, 4.69) is 5.92 Å². The van der Waals surface area contributed by atoms with E-state index in [0.717, 1.165) is 6.42 Å². The lowest BCUT2D eigenvalue weighted by molar-refractivity contribution is 0.231. The first kappa shape index (κ1) is 7.52. The summed E-state index contributed by atoms with van der Waals surface area (Å²) in [6, 6.07) is 0. The molecule has 0 saturated heterocycles. The lowest BCUT2D eigenvalue weighted by atomic mass is 10.1. The Morgan fingerprint density at radius 2 is 2.38 bits per heavy atom. The van der Waals surface area contributed by atoms with Gasteiger partial charge in [0.15, 0.2) is 0 Å². The van der Waals surface area contributed by atoms with E-state index < -0.39 is 0 Å². The minimum absolute atomic E-state index is 0.224. The topological polar surface area (TPSA) is 20.2 Å². The number of hydrogen-bond donors (Lipinski definition) is 1. The van der Waals surface area contributed by atoms with Crippen LogP contribution in [0.4, 0.5) is 0 Å². The second-order valence-electron chi connectivity index (χ2n) is 2.00. The summed E-state index contributed by atoms with van der Waals surface area (Å²) >= 11 is 0. The molecule has 0 aliphatic heterocycles. The molecule has 0 aromatic carbocycles. The molecular weight excluding hydrogens is 100 g/mol. The number of aliphatic hydroxyl groups is 1. The Bertz CT molecular complexity index is 80.9. The molecule has 0 aliphatic carbocycles. The van der Waals surface area contributed by atoms with Gasteiger partial charge in [0.25, 0.3) is 0 Å². The highest BCUT2D eigenvalue weighted by atomic mass is 16.3. The summed E-state index contributed by atoms with van der Waals surface area (Å²) in [5.41, 5.74) is 0. The molecule has 0 spiro atoms. The molecular formula is C7H11O. The van der Waals surface area contributed by atoms with E-state index in [4.69, 9.17) is 11.5 Å². The first-order valence-corrected chi connectivity index (χ1v) is 2.81. The van der Waals surface area contributed by atoms with E-state index in [1.165, 1.54) is 0 Å². The van der Waals surface area contributed by atoms with E-state index in [1.807, 2.05) is 6.92 Å². The van der Waals surface area contributed by atoms with Gasteiger partial charge in [0.05, 0.1) is 0 Å². The van der Waals surface area contributed by atoms with Gasteiger partial charge in [0, 0.05) is 13.0 Å². The monoisotopic (exact) mass is 111 g/mol. The summed E-state index contributed by atoms with van der Waals surface area (Å²) in [5, 5.41) is 8.47. The van der Waals surface area contributed by atoms with Gasteiger partial charge in [-0.1, -0.05) is 12.8 Å². The zero-order chi connectivity index (χ0) is 6.41. The Balaban J connectivity index is 3.01. The Morgan fingerprint density at radius 1 is 1.75 bits per heavy atom. The molecule has 1 N–H and O–H groups in total. The fourth-order valence-corrected chi connectivity index (χ4v) is 0.410. The van der Waals surface area contributed by atoms with Gasteiger partial charge in [-0.05, 0) is 18.8 Å². The molecule has 0 heterocycles. The second-order valence-corrected chi connectivity index (χ2v) is 2.00. The number of aliphatic hydroxyl groups excluding tert-OH is 1. The summed E-state index contributed by atoms with van der Waals surface area (Å²) < 4.78 is 0. The molecule has 1 radical (unpaired) electrons. The highest BCUT2D eigenvalue weighted by molar-refractivity contribution is 4.75. The summed E-state index contributed by atoms with van der Waals surface area (Å²) in [5.74, 6) is 2.60. The van der Waals surface area contributed by atoms with Crippen LogP contribution in [0.25, 0.3) is 0 Å². The quantitative estimate of drug-likeness (QED) is 0.538. The fourth-order valence-electron chi connectivity index (χ4n) is 0.410. The van der Waals surface area contributed by atoms with Crippen molar-refractivity contribution >= 4 is 0 Å². The van der Waals surface area contributed by atoms with E-state index >= 15 is 0 Å². The third kappa shape index (κ3) is 3.70. The van der Waals surface area contributed by atoms with Crippen LogP contribution in [-0.4, -0.2) is 11.7 Å². The van der Waals surface area contributed by atoms with Crippen molar-refractivity contribution in [1.29, 1.82) is 0 Å². The van der Waals surface area contributed by atoms with Crippen LogP contribution in [0.1, 0.15) is 19.8 Å². The molecule has 0 bridgehead atoms. The molecule has 45 valence electrons. The smallest absolute Gasteiger partial charge is 0.0456 e. The third-order valence-electron chi connectivity index (χ3n) is 1.07. The lowest BCUT2D eigenvalue weighted by Crippen LogP contribution is -1.98. The van der Waals surface area contributed by atoms with Crippen molar-refractivity contribution < 1.29 is 5.11 Å². The lowest BCUT2D eigenvalue weighted by Gasteiger charge is -2.01. The van der Waals surface area contributed by atoms with Gasteiger partial charge in [0.2, 0.25) is 0 Å². The third-order valence-corrected chi connectivity index (χ3v) is 1.07. The van der Waals surface area contributed by atoms with Crippen molar-refractivity contribution in [3.63, 3.8) is 0 Å². The molecule has 8 heavy (non-hydrogen) atoms.